The molecule has 6 nitrogen and oxygen atoms in total. The largest absolute Gasteiger partial charge is 0.377 e. The first-order valence-corrected chi connectivity index (χ1v) is 8.66. The lowest BCUT2D eigenvalue weighted by molar-refractivity contribution is -0.140. The summed E-state index contributed by atoms with van der Waals surface area (Å²) < 4.78 is 5.58. The Hall–Kier alpha value is -2.60. The minimum absolute atomic E-state index is 0.127. The molecule has 0 saturated carbocycles. The van der Waals surface area contributed by atoms with E-state index in [-0.39, 0.29) is 11.9 Å². The van der Waals surface area contributed by atoms with Gasteiger partial charge in [-0.15, -0.1) is 0 Å². The minimum atomic E-state index is -0.127. The number of ether oxygens (including phenoxy) is 1. The molecule has 130 valence electrons. The summed E-state index contributed by atoms with van der Waals surface area (Å²) in [5, 5.41) is 1.19. The van der Waals surface area contributed by atoms with Gasteiger partial charge in [0.25, 0.3) is 0 Å². The van der Waals surface area contributed by atoms with E-state index in [2.05, 4.69) is 27.1 Å². The molecule has 3 heterocycles. The van der Waals surface area contributed by atoms with Crippen LogP contribution in [0.25, 0.3) is 10.9 Å². The van der Waals surface area contributed by atoms with Crippen molar-refractivity contribution in [3.8, 4) is 0 Å². The van der Waals surface area contributed by atoms with Crippen molar-refractivity contribution in [2.75, 3.05) is 19.8 Å². The van der Waals surface area contributed by atoms with Gasteiger partial charge in [0.05, 0.1) is 13.2 Å². The highest BCUT2D eigenvalue weighted by molar-refractivity contribution is 5.84. The average Bonchev–Trinajstić information content (AvgIpc) is 3.26. The third-order valence-corrected chi connectivity index (χ3v) is 4.77. The van der Waals surface area contributed by atoms with Gasteiger partial charge in [0.1, 0.15) is 11.9 Å². The van der Waals surface area contributed by atoms with Gasteiger partial charge < -0.3 is 19.6 Å². The number of nitrogens with zero attached hydrogens (tertiary/aromatic N) is 2. The molecule has 0 spiro atoms. The topological polar surface area (TPSA) is 74.0 Å². The highest BCUT2D eigenvalue weighted by Gasteiger charge is 2.30. The number of benzene rings is 1. The third kappa shape index (κ3) is 3.17. The summed E-state index contributed by atoms with van der Waals surface area (Å²) in [6.45, 7) is 3.64. The molecule has 2 N–H and O–H groups in total. The van der Waals surface area contributed by atoms with Crippen LogP contribution >= 0.6 is 0 Å². The summed E-state index contributed by atoms with van der Waals surface area (Å²) in [6.07, 6.45) is 5.01. The van der Waals surface area contributed by atoms with Crippen LogP contribution in [0, 0.1) is 6.92 Å². The summed E-state index contributed by atoms with van der Waals surface area (Å²) >= 11 is 0. The minimum Gasteiger partial charge on any atom is -0.377 e. The van der Waals surface area contributed by atoms with Crippen molar-refractivity contribution >= 4 is 16.8 Å². The Morgan fingerprint density at radius 3 is 3.12 bits per heavy atom. The van der Waals surface area contributed by atoms with E-state index in [1.54, 1.807) is 6.20 Å². The van der Waals surface area contributed by atoms with Gasteiger partial charge in [0.15, 0.2) is 0 Å². The van der Waals surface area contributed by atoms with E-state index in [9.17, 15) is 4.79 Å². The number of carbonyl (C=O) groups excluding carboxylic acids is 1. The fraction of sp³-hybridized carbons (Fsp3) is 0.368. The number of aromatic nitrogens is 3. The molecule has 1 unspecified atom stereocenters. The van der Waals surface area contributed by atoms with Gasteiger partial charge in [-0.1, -0.05) is 18.2 Å². The molecule has 1 aromatic carbocycles. The molecular formula is C19H22N4O2. The van der Waals surface area contributed by atoms with Gasteiger partial charge in [-0.2, -0.15) is 0 Å². The van der Waals surface area contributed by atoms with E-state index in [0.717, 1.165) is 23.5 Å². The number of para-hydroxylation sites is 1. The second kappa shape index (κ2) is 6.72. The number of nitrogens with one attached hydrogen (secondary N) is 2. The molecule has 0 radical (unpaired) electrons. The van der Waals surface area contributed by atoms with E-state index < -0.39 is 0 Å². The summed E-state index contributed by atoms with van der Waals surface area (Å²) in [5.41, 5.74) is 3.29. The second-order valence-electron chi connectivity index (χ2n) is 6.49. The van der Waals surface area contributed by atoms with Crippen LogP contribution < -0.4 is 0 Å². The number of rotatable bonds is 4. The van der Waals surface area contributed by atoms with Crippen molar-refractivity contribution in [2.45, 2.75) is 25.8 Å². The van der Waals surface area contributed by atoms with E-state index in [1.165, 1.54) is 10.9 Å². The number of amides is 1. The maximum absolute atomic E-state index is 12.8. The Balaban J connectivity index is 1.47. The highest BCUT2D eigenvalue weighted by Crippen LogP contribution is 2.24. The van der Waals surface area contributed by atoms with Crippen LogP contribution in [0.15, 0.2) is 36.7 Å². The van der Waals surface area contributed by atoms with E-state index in [1.807, 2.05) is 30.2 Å². The first-order chi connectivity index (χ1) is 12.2. The molecule has 0 aliphatic carbocycles. The molecule has 1 saturated heterocycles. The number of aromatic amines is 2. The Kier molecular flexibility index (Phi) is 4.28. The number of imidazole rings is 1. The zero-order valence-corrected chi connectivity index (χ0v) is 14.3. The zero-order chi connectivity index (χ0) is 17.2. The number of carbonyl (C=O) groups is 1. The highest BCUT2D eigenvalue weighted by atomic mass is 16.5. The van der Waals surface area contributed by atoms with Gasteiger partial charge in [0, 0.05) is 42.0 Å². The van der Waals surface area contributed by atoms with Gasteiger partial charge in [-0.05, 0) is 25.0 Å². The molecule has 1 atom stereocenters. The Morgan fingerprint density at radius 2 is 2.28 bits per heavy atom. The van der Waals surface area contributed by atoms with Crippen LogP contribution in [0.5, 0.6) is 0 Å². The number of fused-ring (bicyclic) bond motifs is 1. The van der Waals surface area contributed by atoms with Crippen molar-refractivity contribution in [3.05, 3.63) is 53.7 Å². The fourth-order valence-electron chi connectivity index (χ4n) is 3.45. The third-order valence-electron chi connectivity index (χ3n) is 4.77. The number of hydrogen-bond acceptors (Lipinski definition) is 3. The quantitative estimate of drug-likeness (QED) is 0.768. The maximum atomic E-state index is 12.8. The predicted octanol–water partition coefficient (Wildman–Crippen LogP) is 2.73. The fourth-order valence-corrected chi connectivity index (χ4v) is 3.45. The molecule has 2 aromatic heterocycles. The summed E-state index contributed by atoms with van der Waals surface area (Å²) in [6, 6.07) is 8.06. The zero-order valence-electron chi connectivity index (χ0n) is 14.3. The van der Waals surface area contributed by atoms with Crippen LogP contribution in [-0.4, -0.2) is 45.5 Å². The number of morpholine rings is 1. The molecule has 1 fully saturated rings. The Morgan fingerprint density at radius 1 is 1.40 bits per heavy atom. The molecule has 1 aliphatic heterocycles. The average molecular weight is 338 g/mol. The van der Waals surface area contributed by atoms with E-state index in [4.69, 9.17) is 4.74 Å². The van der Waals surface area contributed by atoms with Gasteiger partial charge in [-0.3, -0.25) is 4.79 Å². The first kappa shape index (κ1) is 15.9. The van der Waals surface area contributed by atoms with Crippen LogP contribution in [0.1, 0.15) is 29.5 Å². The normalized spacial score (nSPS) is 18.0. The lowest BCUT2D eigenvalue weighted by atomic mass is 10.1. The molecule has 4 rings (SSSR count). The molecule has 0 bridgehead atoms. The lowest BCUT2D eigenvalue weighted by Gasteiger charge is -2.34. The van der Waals surface area contributed by atoms with Gasteiger partial charge >= 0.3 is 0 Å². The first-order valence-electron chi connectivity index (χ1n) is 8.66. The van der Waals surface area contributed by atoms with Crippen LogP contribution in [0.3, 0.4) is 0 Å². The summed E-state index contributed by atoms with van der Waals surface area (Å²) in [4.78, 5) is 25.6. The van der Waals surface area contributed by atoms with Crippen molar-refractivity contribution in [1.82, 2.24) is 19.9 Å². The predicted molar refractivity (Wildman–Crippen MR) is 95.2 cm³/mol. The second-order valence-corrected chi connectivity index (χ2v) is 6.49. The Labute approximate surface area is 146 Å². The molecule has 6 heteroatoms. The maximum Gasteiger partial charge on any atom is 0.223 e. The molecular weight excluding hydrogens is 316 g/mol. The summed E-state index contributed by atoms with van der Waals surface area (Å²) in [7, 11) is 0. The SMILES string of the molecule is Cc1cnc(C2COCCN2C(=O)CCc2c[nH]c3ccccc23)[nH]1. The smallest absolute Gasteiger partial charge is 0.223 e. The standard InChI is InChI=1S/C19H22N4O2/c1-13-10-21-19(22-13)17-12-25-9-8-23(17)18(24)7-6-14-11-20-16-5-3-2-4-15(14)16/h2-5,10-11,17,20H,6-9,12H2,1H3,(H,21,22). The van der Waals surface area contributed by atoms with Crippen molar-refractivity contribution < 1.29 is 9.53 Å². The van der Waals surface area contributed by atoms with Crippen LogP contribution in [0.4, 0.5) is 0 Å². The van der Waals surface area contributed by atoms with Crippen molar-refractivity contribution in [1.29, 1.82) is 0 Å². The molecule has 3 aromatic rings. The monoisotopic (exact) mass is 338 g/mol. The molecule has 25 heavy (non-hydrogen) atoms. The number of H-pyrrole nitrogens is 2. The summed E-state index contributed by atoms with van der Waals surface area (Å²) in [5.74, 6) is 0.949. The van der Waals surface area contributed by atoms with Crippen molar-refractivity contribution in [2.24, 2.45) is 0 Å². The number of aryl methyl sites for hydroxylation is 2. The van der Waals surface area contributed by atoms with E-state index in [0.29, 0.717) is 26.2 Å². The lowest BCUT2D eigenvalue weighted by Crippen LogP contribution is -2.44. The molecule has 1 aliphatic rings. The van der Waals surface area contributed by atoms with E-state index >= 15 is 0 Å². The number of hydrogen-bond donors (Lipinski definition) is 2. The van der Waals surface area contributed by atoms with Gasteiger partial charge in [0.2, 0.25) is 5.91 Å². The molecule has 1 amide bonds. The van der Waals surface area contributed by atoms with Crippen molar-refractivity contribution in [3.63, 3.8) is 0 Å². The Bertz CT molecular complexity index is 882. The van der Waals surface area contributed by atoms with Crippen LogP contribution in [0.2, 0.25) is 0 Å². The van der Waals surface area contributed by atoms with Gasteiger partial charge in [-0.25, -0.2) is 4.98 Å². The van der Waals surface area contributed by atoms with Crippen LogP contribution in [-0.2, 0) is 16.0 Å².